The molecule has 29 heavy (non-hydrogen) atoms. The lowest BCUT2D eigenvalue weighted by molar-refractivity contribution is -0.123. The van der Waals surface area contributed by atoms with Gasteiger partial charge in [0.15, 0.2) is 18.1 Å². The highest BCUT2D eigenvalue weighted by molar-refractivity contribution is 5.96. The maximum absolute atomic E-state index is 12.3. The number of para-hydroxylation sites is 1. The van der Waals surface area contributed by atoms with E-state index in [0.717, 1.165) is 12.0 Å². The summed E-state index contributed by atoms with van der Waals surface area (Å²) in [5, 5.41) is 0. The summed E-state index contributed by atoms with van der Waals surface area (Å²) in [6, 6.07) is 12.2. The third-order valence-electron chi connectivity index (χ3n) is 4.15. The van der Waals surface area contributed by atoms with Crippen LogP contribution in [0.25, 0.3) is 0 Å². The highest BCUT2D eigenvalue weighted by Crippen LogP contribution is 2.28. The molecule has 156 valence electrons. The average molecular weight is 400 g/mol. The Balaban J connectivity index is 1.86. The number of methoxy groups -OCH3 is 1. The number of ether oxygens (including phenoxy) is 3. The van der Waals surface area contributed by atoms with Crippen LogP contribution in [0.4, 0.5) is 0 Å². The summed E-state index contributed by atoms with van der Waals surface area (Å²) in [6.45, 7) is 6.48. The first-order valence-electron chi connectivity index (χ1n) is 9.49. The maximum atomic E-state index is 12.3. The number of benzene rings is 2. The normalized spacial score (nSPS) is 10.4. The monoisotopic (exact) mass is 400 g/mol. The standard InChI is InChI=1S/C22H28N2O5/c1-15(2)11-12-28-19-10-9-17(13-20(19)27-4)22(26)24-23-21(25)14-29-18-8-6-5-7-16(18)3/h5-10,13,15H,11-12,14H2,1-4H3,(H,23,25)(H,24,26). The van der Waals surface area contributed by atoms with Gasteiger partial charge in [-0.15, -0.1) is 0 Å². The van der Waals surface area contributed by atoms with Crippen molar-refractivity contribution >= 4 is 11.8 Å². The zero-order chi connectivity index (χ0) is 21.2. The number of hydrogen-bond acceptors (Lipinski definition) is 5. The van der Waals surface area contributed by atoms with Gasteiger partial charge in [-0.25, -0.2) is 0 Å². The molecule has 0 aliphatic rings. The van der Waals surface area contributed by atoms with E-state index in [1.165, 1.54) is 7.11 Å². The summed E-state index contributed by atoms with van der Waals surface area (Å²) in [6.07, 6.45) is 0.919. The minimum Gasteiger partial charge on any atom is -0.493 e. The minimum absolute atomic E-state index is 0.211. The molecule has 0 aliphatic heterocycles. The second-order valence-corrected chi connectivity index (χ2v) is 6.95. The van der Waals surface area contributed by atoms with Crippen molar-refractivity contribution in [2.75, 3.05) is 20.3 Å². The molecular formula is C22H28N2O5. The number of carbonyl (C=O) groups is 2. The topological polar surface area (TPSA) is 85.9 Å². The van der Waals surface area contributed by atoms with Crippen molar-refractivity contribution in [1.29, 1.82) is 0 Å². The van der Waals surface area contributed by atoms with E-state index in [9.17, 15) is 9.59 Å². The fraction of sp³-hybridized carbons (Fsp3) is 0.364. The van der Waals surface area contributed by atoms with Crippen molar-refractivity contribution in [1.82, 2.24) is 10.9 Å². The van der Waals surface area contributed by atoms with Gasteiger partial charge >= 0.3 is 0 Å². The van der Waals surface area contributed by atoms with Gasteiger partial charge in [-0.1, -0.05) is 32.0 Å². The quantitative estimate of drug-likeness (QED) is 0.631. The van der Waals surface area contributed by atoms with Gasteiger partial charge in [-0.2, -0.15) is 0 Å². The molecule has 0 unspecified atom stereocenters. The van der Waals surface area contributed by atoms with E-state index in [0.29, 0.717) is 35.3 Å². The van der Waals surface area contributed by atoms with Crippen molar-refractivity contribution in [3.63, 3.8) is 0 Å². The molecule has 0 atom stereocenters. The minimum atomic E-state index is -0.471. The molecule has 2 N–H and O–H groups in total. The largest absolute Gasteiger partial charge is 0.493 e. The summed E-state index contributed by atoms with van der Waals surface area (Å²) in [7, 11) is 1.51. The van der Waals surface area contributed by atoms with Gasteiger partial charge < -0.3 is 14.2 Å². The van der Waals surface area contributed by atoms with Crippen molar-refractivity contribution in [3.8, 4) is 17.2 Å². The number of carbonyl (C=O) groups excluding carboxylic acids is 2. The van der Waals surface area contributed by atoms with Crippen molar-refractivity contribution < 1.29 is 23.8 Å². The number of aryl methyl sites for hydroxylation is 1. The van der Waals surface area contributed by atoms with Crippen LogP contribution >= 0.6 is 0 Å². The molecule has 0 aromatic heterocycles. The van der Waals surface area contributed by atoms with Crippen LogP contribution in [0.15, 0.2) is 42.5 Å². The van der Waals surface area contributed by atoms with Crippen molar-refractivity contribution in [2.24, 2.45) is 5.92 Å². The molecule has 0 saturated carbocycles. The zero-order valence-corrected chi connectivity index (χ0v) is 17.3. The van der Waals surface area contributed by atoms with Crippen LogP contribution < -0.4 is 25.1 Å². The predicted molar refractivity (Wildman–Crippen MR) is 110 cm³/mol. The van der Waals surface area contributed by atoms with E-state index < -0.39 is 11.8 Å². The van der Waals surface area contributed by atoms with Crippen LogP contribution in [0.2, 0.25) is 0 Å². The van der Waals surface area contributed by atoms with Crippen LogP contribution in [0.1, 0.15) is 36.2 Å². The molecule has 0 aliphatic carbocycles. The van der Waals surface area contributed by atoms with E-state index in [2.05, 4.69) is 24.7 Å². The Morgan fingerprint density at radius 3 is 2.41 bits per heavy atom. The molecule has 2 aromatic carbocycles. The van der Waals surface area contributed by atoms with Crippen LogP contribution in [0.3, 0.4) is 0 Å². The molecule has 0 bridgehead atoms. The number of hydrazine groups is 1. The first-order valence-corrected chi connectivity index (χ1v) is 9.49. The van der Waals surface area contributed by atoms with E-state index in [-0.39, 0.29) is 6.61 Å². The lowest BCUT2D eigenvalue weighted by Gasteiger charge is -2.13. The van der Waals surface area contributed by atoms with Gasteiger partial charge in [-0.3, -0.25) is 20.4 Å². The lowest BCUT2D eigenvalue weighted by Crippen LogP contribution is -2.43. The van der Waals surface area contributed by atoms with Crippen LogP contribution in [0, 0.1) is 12.8 Å². The highest BCUT2D eigenvalue weighted by Gasteiger charge is 2.13. The Kier molecular flexibility index (Phi) is 8.33. The summed E-state index contributed by atoms with van der Waals surface area (Å²) in [5.41, 5.74) is 5.95. The summed E-state index contributed by atoms with van der Waals surface area (Å²) in [5.74, 6) is 1.23. The van der Waals surface area contributed by atoms with Crippen LogP contribution in [-0.4, -0.2) is 32.1 Å². The predicted octanol–water partition coefficient (Wildman–Crippen LogP) is 3.27. The van der Waals surface area contributed by atoms with E-state index >= 15 is 0 Å². The van der Waals surface area contributed by atoms with Gasteiger partial charge in [0.05, 0.1) is 13.7 Å². The van der Waals surface area contributed by atoms with Gasteiger partial charge in [0, 0.05) is 5.56 Å². The van der Waals surface area contributed by atoms with Gasteiger partial charge in [0.25, 0.3) is 11.8 Å². The molecule has 7 heteroatoms. The van der Waals surface area contributed by atoms with Crippen molar-refractivity contribution in [3.05, 3.63) is 53.6 Å². The molecule has 2 aromatic rings. The maximum Gasteiger partial charge on any atom is 0.276 e. The fourth-order valence-corrected chi connectivity index (χ4v) is 2.43. The molecule has 7 nitrogen and oxygen atoms in total. The number of amides is 2. The Hall–Kier alpha value is -3.22. The molecule has 2 amide bonds. The Labute approximate surface area is 171 Å². The first kappa shape index (κ1) is 22.1. The molecule has 0 radical (unpaired) electrons. The van der Waals surface area contributed by atoms with E-state index in [1.54, 1.807) is 24.3 Å². The third kappa shape index (κ3) is 7.03. The molecular weight excluding hydrogens is 372 g/mol. The lowest BCUT2D eigenvalue weighted by atomic mass is 10.1. The third-order valence-corrected chi connectivity index (χ3v) is 4.15. The molecule has 0 spiro atoms. The van der Waals surface area contributed by atoms with Gasteiger partial charge in [-0.05, 0) is 49.1 Å². The van der Waals surface area contributed by atoms with E-state index in [1.807, 2.05) is 25.1 Å². The second-order valence-electron chi connectivity index (χ2n) is 6.95. The van der Waals surface area contributed by atoms with E-state index in [4.69, 9.17) is 14.2 Å². The summed E-state index contributed by atoms with van der Waals surface area (Å²) >= 11 is 0. The zero-order valence-electron chi connectivity index (χ0n) is 17.3. The first-order chi connectivity index (χ1) is 13.9. The Morgan fingerprint density at radius 1 is 0.966 bits per heavy atom. The molecule has 0 saturated heterocycles. The van der Waals surface area contributed by atoms with Crippen molar-refractivity contribution in [2.45, 2.75) is 27.2 Å². The summed E-state index contributed by atoms with van der Waals surface area (Å²) < 4.78 is 16.5. The van der Waals surface area contributed by atoms with Gasteiger partial charge in [0.1, 0.15) is 5.75 Å². The fourth-order valence-electron chi connectivity index (χ4n) is 2.43. The Bertz CT molecular complexity index is 836. The molecule has 2 rings (SSSR count). The van der Waals surface area contributed by atoms with Crippen LogP contribution in [-0.2, 0) is 4.79 Å². The summed E-state index contributed by atoms with van der Waals surface area (Å²) in [4.78, 5) is 24.2. The molecule has 0 fully saturated rings. The van der Waals surface area contributed by atoms with Crippen LogP contribution in [0.5, 0.6) is 17.2 Å². The Morgan fingerprint density at radius 2 is 1.72 bits per heavy atom. The molecule has 0 heterocycles. The number of hydrogen-bond donors (Lipinski definition) is 2. The smallest absolute Gasteiger partial charge is 0.276 e. The average Bonchev–Trinajstić information content (AvgIpc) is 2.71. The van der Waals surface area contributed by atoms with Gasteiger partial charge in [0.2, 0.25) is 0 Å². The highest BCUT2D eigenvalue weighted by atomic mass is 16.5. The number of nitrogens with one attached hydrogen (secondary N) is 2. The second kappa shape index (κ2) is 10.9. The SMILES string of the molecule is COc1cc(C(=O)NNC(=O)COc2ccccc2C)ccc1OCCC(C)C. The number of rotatable bonds is 9.